The van der Waals surface area contributed by atoms with Gasteiger partial charge >= 0.3 is 0 Å². The van der Waals surface area contributed by atoms with E-state index in [-0.39, 0.29) is 5.91 Å². The molecule has 0 bridgehead atoms. The van der Waals surface area contributed by atoms with E-state index in [4.69, 9.17) is 0 Å². The van der Waals surface area contributed by atoms with E-state index in [0.717, 1.165) is 36.4 Å². The lowest BCUT2D eigenvalue weighted by Gasteiger charge is -2.28. The Bertz CT molecular complexity index is 720. The zero-order valence-electron chi connectivity index (χ0n) is 13.6. The van der Waals surface area contributed by atoms with Gasteiger partial charge in [0, 0.05) is 32.0 Å². The average molecular weight is 307 g/mol. The van der Waals surface area contributed by atoms with Gasteiger partial charge in [-0.3, -0.25) is 9.79 Å². The molecule has 0 aliphatic carbocycles. The second kappa shape index (κ2) is 6.65. The Hall–Kier alpha value is -2.62. The summed E-state index contributed by atoms with van der Waals surface area (Å²) in [4.78, 5) is 20.6. The Kier molecular flexibility index (Phi) is 4.42. The highest BCUT2D eigenvalue weighted by atomic mass is 16.2. The van der Waals surface area contributed by atoms with Crippen LogP contribution in [0.5, 0.6) is 0 Å². The number of para-hydroxylation sites is 1. The minimum Gasteiger partial charge on any atom is -0.378 e. The first-order chi connectivity index (χ1) is 11.1. The van der Waals surface area contributed by atoms with Crippen molar-refractivity contribution < 1.29 is 4.79 Å². The van der Waals surface area contributed by atoms with E-state index in [1.807, 2.05) is 66.4 Å². The molecule has 0 atom stereocenters. The SMILES string of the molecule is CN(C)c1ccc(/N=C/C(=O)N2CCCc3ccccc32)cc1. The van der Waals surface area contributed by atoms with Crippen LogP contribution in [0.15, 0.2) is 53.5 Å². The van der Waals surface area contributed by atoms with Crippen molar-refractivity contribution in [3.05, 3.63) is 54.1 Å². The molecule has 0 aromatic heterocycles. The molecule has 4 nitrogen and oxygen atoms in total. The van der Waals surface area contributed by atoms with Crippen LogP contribution >= 0.6 is 0 Å². The number of nitrogens with zero attached hydrogens (tertiary/aromatic N) is 3. The van der Waals surface area contributed by atoms with Crippen molar-refractivity contribution in [3.8, 4) is 0 Å². The van der Waals surface area contributed by atoms with E-state index in [9.17, 15) is 4.79 Å². The van der Waals surface area contributed by atoms with E-state index in [2.05, 4.69) is 11.1 Å². The third-order valence-electron chi connectivity index (χ3n) is 4.07. The molecule has 0 spiro atoms. The molecule has 0 saturated heterocycles. The summed E-state index contributed by atoms with van der Waals surface area (Å²) in [7, 11) is 3.99. The lowest BCUT2D eigenvalue weighted by molar-refractivity contribution is -0.112. The van der Waals surface area contributed by atoms with Gasteiger partial charge in [0.05, 0.1) is 11.9 Å². The number of hydrogen-bond donors (Lipinski definition) is 0. The fraction of sp³-hybridized carbons (Fsp3) is 0.263. The molecule has 0 fully saturated rings. The maximum Gasteiger partial charge on any atom is 0.269 e. The number of aliphatic imine (C=N–C) groups is 1. The summed E-state index contributed by atoms with van der Waals surface area (Å²) in [5, 5.41) is 0. The minimum absolute atomic E-state index is 0.0613. The van der Waals surface area contributed by atoms with E-state index in [1.165, 1.54) is 11.8 Å². The van der Waals surface area contributed by atoms with E-state index < -0.39 is 0 Å². The number of hydrogen-bond acceptors (Lipinski definition) is 3. The Morgan fingerprint density at radius 3 is 2.61 bits per heavy atom. The zero-order chi connectivity index (χ0) is 16.2. The predicted octanol–water partition coefficient (Wildman–Crippen LogP) is 3.43. The van der Waals surface area contributed by atoms with Crippen molar-refractivity contribution >= 4 is 29.2 Å². The second-order valence-corrected chi connectivity index (χ2v) is 5.89. The quantitative estimate of drug-likeness (QED) is 0.814. The summed E-state index contributed by atoms with van der Waals surface area (Å²) in [5.41, 5.74) is 4.14. The molecule has 1 heterocycles. The first-order valence-electron chi connectivity index (χ1n) is 7.86. The Balaban J connectivity index is 1.74. The Morgan fingerprint density at radius 1 is 1.13 bits per heavy atom. The topological polar surface area (TPSA) is 35.9 Å². The van der Waals surface area contributed by atoms with Crippen molar-refractivity contribution in [1.82, 2.24) is 0 Å². The van der Waals surface area contributed by atoms with Crippen LogP contribution in [0.2, 0.25) is 0 Å². The van der Waals surface area contributed by atoms with Crippen molar-refractivity contribution in [2.45, 2.75) is 12.8 Å². The third-order valence-corrected chi connectivity index (χ3v) is 4.07. The first kappa shape index (κ1) is 15.3. The molecule has 2 aromatic carbocycles. The predicted molar refractivity (Wildman–Crippen MR) is 96.0 cm³/mol. The Labute approximate surface area is 137 Å². The molecule has 118 valence electrons. The van der Waals surface area contributed by atoms with E-state index >= 15 is 0 Å². The lowest BCUT2D eigenvalue weighted by Crippen LogP contribution is -2.36. The molecule has 3 rings (SSSR count). The first-order valence-corrected chi connectivity index (χ1v) is 7.86. The van der Waals surface area contributed by atoms with Gasteiger partial charge in [-0.2, -0.15) is 0 Å². The molecule has 4 heteroatoms. The maximum atomic E-state index is 12.5. The summed E-state index contributed by atoms with van der Waals surface area (Å²) >= 11 is 0. The smallest absolute Gasteiger partial charge is 0.269 e. The van der Waals surface area contributed by atoms with Crippen molar-refractivity contribution in [3.63, 3.8) is 0 Å². The fourth-order valence-electron chi connectivity index (χ4n) is 2.80. The van der Waals surface area contributed by atoms with Gasteiger partial charge in [0.2, 0.25) is 0 Å². The normalized spacial score (nSPS) is 13.9. The number of amides is 1. The molecular formula is C19H21N3O. The van der Waals surface area contributed by atoms with Crippen LogP contribution in [-0.2, 0) is 11.2 Å². The highest BCUT2D eigenvalue weighted by Gasteiger charge is 2.20. The van der Waals surface area contributed by atoms with Crippen molar-refractivity contribution in [2.24, 2.45) is 4.99 Å². The highest BCUT2D eigenvalue weighted by molar-refractivity contribution is 6.33. The molecular weight excluding hydrogens is 286 g/mol. The fourth-order valence-corrected chi connectivity index (χ4v) is 2.80. The molecule has 0 saturated carbocycles. The van der Waals surface area contributed by atoms with Gasteiger partial charge in [-0.15, -0.1) is 0 Å². The molecule has 1 aliphatic rings. The number of rotatable bonds is 3. The van der Waals surface area contributed by atoms with Crippen molar-refractivity contribution in [2.75, 3.05) is 30.4 Å². The van der Waals surface area contributed by atoms with Gasteiger partial charge in [0.15, 0.2) is 0 Å². The molecule has 2 aromatic rings. The molecule has 1 amide bonds. The number of carbonyl (C=O) groups is 1. The largest absolute Gasteiger partial charge is 0.378 e. The van der Waals surface area contributed by atoms with Crippen LogP contribution < -0.4 is 9.80 Å². The van der Waals surface area contributed by atoms with Gasteiger partial charge in [-0.25, -0.2) is 0 Å². The maximum absolute atomic E-state index is 12.5. The van der Waals surface area contributed by atoms with Crippen LogP contribution in [0.25, 0.3) is 0 Å². The molecule has 23 heavy (non-hydrogen) atoms. The second-order valence-electron chi connectivity index (χ2n) is 5.89. The van der Waals surface area contributed by atoms with Gasteiger partial charge < -0.3 is 9.80 Å². The summed E-state index contributed by atoms with van der Waals surface area (Å²) in [6.07, 6.45) is 3.45. The number of benzene rings is 2. The van der Waals surface area contributed by atoms with Crippen molar-refractivity contribution in [1.29, 1.82) is 0 Å². The van der Waals surface area contributed by atoms with Gasteiger partial charge in [0.1, 0.15) is 0 Å². The van der Waals surface area contributed by atoms with Crippen LogP contribution in [0.3, 0.4) is 0 Å². The molecule has 0 unspecified atom stereocenters. The third kappa shape index (κ3) is 3.42. The van der Waals surface area contributed by atoms with Crippen LogP contribution in [-0.4, -0.2) is 32.8 Å². The summed E-state index contributed by atoms with van der Waals surface area (Å²) in [6.45, 7) is 0.751. The molecule has 0 radical (unpaired) electrons. The number of aryl methyl sites for hydroxylation is 1. The molecule has 1 aliphatic heterocycles. The summed E-state index contributed by atoms with van der Waals surface area (Å²) < 4.78 is 0. The minimum atomic E-state index is -0.0613. The Morgan fingerprint density at radius 2 is 1.87 bits per heavy atom. The standard InChI is InChI=1S/C19H21N3O/c1-21(2)17-11-9-16(10-12-17)20-14-19(23)22-13-5-7-15-6-3-4-8-18(15)22/h3-4,6,8-12,14H,5,7,13H2,1-2H3/b20-14+. The van der Waals surface area contributed by atoms with Gasteiger partial charge in [-0.05, 0) is 48.7 Å². The summed E-state index contributed by atoms with van der Waals surface area (Å²) in [6, 6.07) is 15.9. The van der Waals surface area contributed by atoms with E-state index in [1.54, 1.807) is 0 Å². The number of fused-ring (bicyclic) bond motifs is 1. The summed E-state index contributed by atoms with van der Waals surface area (Å²) in [5.74, 6) is -0.0613. The average Bonchev–Trinajstić information content (AvgIpc) is 2.59. The number of anilines is 2. The molecule has 0 N–H and O–H groups in total. The van der Waals surface area contributed by atoms with Crippen LogP contribution in [0, 0.1) is 0 Å². The number of carbonyl (C=O) groups excluding carboxylic acids is 1. The van der Waals surface area contributed by atoms with Gasteiger partial charge in [-0.1, -0.05) is 18.2 Å². The monoisotopic (exact) mass is 307 g/mol. The zero-order valence-corrected chi connectivity index (χ0v) is 13.6. The lowest BCUT2D eigenvalue weighted by atomic mass is 10.0. The highest BCUT2D eigenvalue weighted by Crippen LogP contribution is 2.26. The van der Waals surface area contributed by atoms with Crippen LogP contribution in [0.4, 0.5) is 17.1 Å². The van der Waals surface area contributed by atoms with Crippen LogP contribution in [0.1, 0.15) is 12.0 Å². The van der Waals surface area contributed by atoms with Gasteiger partial charge in [0.25, 0.3) is 5.91 Å². The van der Waals surface area contributed by atoms with E-state index in [0.29, 0.717) is 0 Å².